The van der Waals surface area contributed by atoms with E-state index in [2.05, 4.69) is 25.7 Å². The van der Waals surface area contributed by atoms with Crippen LogP contribution in [0.4, 0.5) is 0 Å². The van der Waals surface area contributed by atoms with Crippen LogP contribution in [-0.4, -0.2) is 0 Å². The van der Waals surface area contributed by atoms with Crippen LogP contribution in [0.5, 0.6) is 0 Å². The first kappa shape index (κ1) is 10.1. The van der Waals surface area contributed by atoms with Gasteiger partial charge in [-0.1, -0.05) is 13.8 Å². The predicted octanol–water partition coefficient (Wildman–Crippen LogP) is 2.70. The summed E-state index contributed by atoms with van der Waals surface area (Å²) >= 11 is 0. The van der Waals surface area contributed by atoms with Gasteiger partial charge in [0.05, 0.1) is 0 Å². The van der Waals surface area contributed by atoms with E-state index in [1.165, 1.54) is 0 Å². The topological polar surface area (TPSA) is 0 Å². The summed E-state index contributed by atoms with van der Waals surface area (Å²) in [7, 11) is 0. The fourth-order valence-corrected chi connectivity index (χ4v) is 1.03. The van der Waals surface area contributed by atoms with Gasteiger partial charge in [0.25, 0.3) is 0 Å². The molecule has 0 heterocycles. The number of terminal acetylenes is 2. The Labute approximate surface area is 70.4 Å². The zero-order chi connectivity index (χ0) is 8.69. The molecule has 0 aliphatic carbocycles. The Balaban J connectivity index is 3.57. The summed E-state index contributed by atoms with van der Waals surface area (Å²) in [5, 5.41) is 0. The van der Waals surface area contributed by atoms with Gasteiger partial charge in [0.2, 0.25) is 0 Å². The van der Waals surface area contributed by atoms with Crippen LogP contribution in [0, 0.1) is 36.5 Å². The van der Waals surface area contributed by atoms with Gasteiger partial charge in [-0.2, -0.15) is 0 Å². The summed E-state index contributed by atoms with van der Waals surface area (Å²) in [6, 6.07) is 0. The summed E-state index contributed by atoms with van der Waals surface area (Å²) in [6.07, 6.45) is 13.5. The van der Waals surface area contributed by atoms with E-state index < -0.39 is 0 Å². The monoisotopic (exact) mass is 148 g/mol. The van der Waals surface area contributed by atoms with E-state index in [0.29, 0.717) is 11.8 Å². The lowest BCUT2D eigenvalue weighted by Crippen LogP contribution is -2.05. The molecule has 0 amide bonds. The first-order chi connectivity index (χ1) is 5.22. The second-order valence-electron chi connectivity index (χ2n) is 3.11. The molecule has 0 rings (SSSR count). The third-order valence-corrected chi connectivity index (χ3v) is 1.86. The first-order valence-corrected chi connectivity index (χ1v) is 4.12. The maximum absolute atomic E-state index is 5.35. The minimum absolute atomic E-state index is 0.406. The van der Waals surface area contributed by atoms with Crippen LogP contribution in [0.3, 0.4) is 0 Å². The molecule has 0 saturated heterocycles. The molecule has 0 aromatic rings. The van der Waals surface area contributed by atoms with Gasteiger partial charge in [0, 0.05) is 12.3 Å². The third kappa shape index (κ3) is 4.51. The molecule has 0 radical (unpaired) electrons. The second-order valence-corrected chi connectivity index (χ2v) is 3.11. The zero-order valence-electron chi connectivity index (χ0n) is 7.43. The van der Waals surface area contributed by atoms with Crippen LogP contribution in [0.2, 0.25) is 0 Å². The van der Waals surface area contributed by atoms with Crippen molar-refractivity contribution in [3.63, 3.8) is 0 Å². The van der Waals surface area contributed by atoms with Crippen molar-refractivity contribution in [2.24, 2.45) is 11.8 Å². The molecule has 11 heavy (non-hydrogen) atoms. The number of hydrogen-bond acceptors (Lipinski definition) is 0. The van der Waals surface area contributed by atoms with Gasteiger partial charge in [0.15, 0.2) is 0 Å². The molecule has 0 saturated carbocycles. The summed E-state index contributed by atoms with van der Waals surface area (Å²) in [4.78, 5) is 0. The van der Waals surface area contributed by atoms with Crippen molar-refractivity contribution in [1.29, 1.82) is 0 Å². The van der Waals surface area contributed by atoms with Crippen LogP contribution in [0.25, 0.3) is 0 Å². The quantitative estimate of drug-likeness (QED) is 0.425. The fourth-order valence-electron chi connectivity index (χ4n) is 1.03. The van der Waals surface area contributed by atoms with Gasteiger partial charge in [-0.3, -0.25) is 0 Å². The normalized spacial score (nSPS) is 12.1. The number of hydrogen-bond donors (Lipinski definition) is 0. The second kappa shape index (κ2) is 5.87. The molecule has 0 aromatic carbocycles. The standard InChI is InChI=1S/C11H16/c1-5-7-8-9-11(6-2)10(3)4/h1-2,10-11H,7-9H2,3-4H3. The molecule has 0 bridgehead atoms. The number of rotatable bonds is 4. The summed E-state index contributed by atoms with van der Waals surface area (Å²) in [6.45, 7) is 4.31. The lowest BCUT2D eigenvalue weighted by atomic mass is 9.91. The average Bonchev–Trinajstić information content (AvgIpc) is 1.97. The van der Waals surface area contributed by atoms with Gasteiger partial charge >= 0.3 is 0 Å². The van der Waals surface area contributed by atoms with Gasteiger partial charge in [-0.25, -0.2) is 0 Å². The molecule has 1 atom stereocenters. The molecule has 0 aliphatic rings. The van der Waals surface area contributed by atoms with E-state index in [-0.39, 0.29) is 0 Å². The Morgan fingerprint density at radius 3 is 2.27 bits per heavy atom. The van der Waals surface area contributed by atoms with E-state index in [9.17, 15) is 0 Å². The predicted molar refractivity (Wildman–Crippen MR) is 49.8 cm³/mol. The Morgan fingerprint density at radius 1 is 1.27 bits per heavy atom. The highest BCUT2D eigenvalue weighted by Crippen LogP contribution is 2.16. The van der Waals surface area contributed by atoms with Crippen LogP contribution >= 0.6 is 0 Å². The molecule has 1 unspecified atom stereocenters. The van der Waals surface area contributed by atoms with E-state index in [1.54, 1.807) is 0 Å². The molecule has 0 aliphatic heterocycles. The molecule has 0 nitrogen and oxygen atoms in total. The first-order valence-electron chi connectivity index (χ1n) is 4.12. The Morgan fingerprint density at radius 2 is 1.91 bits per heavy atom. The van der Waals surface area contributed by atoms with Crippen LogP contribution in [-0.2, 0) is 0 Å². The lowest BCUT2D eigenvalue weighted by molar-refractivity contribution is 0.441. The molecule has 60 valence electrons. The molecule has 0 fully saturated rings. The van der Waals surface area contributed by atoms with Crippen molar-refractivity contribution in [2.45, 2.75) is 33.1 Å². The molecule has 0 spiro atoms. The Kier molecular flexibility index (Phi) is 5.40. The Bertz CT molecular complexity index is 163. The van der Waals surface area contributed by atoms with Crippen LogP contribution in [0.1, 0.15) is 33.1 Å². The molecule has 0 heteroatoms. The van der Waals surface area contributed by atoms with Crippen molar-refractivity contribution in [3.8, 4) is 24.7 Å². The SMILES string of the molecule is C#CCCCC(C#C)C(C)C. The van der Waals surface area contributed by atoms with Gasteiger partial charge in [-0.15, -0.1) is 24.7 Å². The zero-order valence-corrected chi connectivity index (χ0v) is 7.43. The fraction of sp³-hybridized carbons (Fsp3) is 0.636. The minimum atomic E-state index is 0.406. The van der Waals surface area contributed by atoms with Crippen LogP contribution < -0.4 is 0 Å². The van der Waals surface area contributed by atoms with Crippen molar-refractivity contribution < 1.29 is 0 Å². The highest BCUT2D eigenvalue weighted by Gasteiger charge is 2.08. The maximum atomic E-state index is 5.35. The van der Waals surface area contributed by atoms with E-state index >= 15 is 0 Å². The summed E-state index contributed by atoms with van der Waals surface area (Å²) in [5.74, 6) is 6.40. The minimum Gasteiger partial charge on any atom is -0.120 e. The van der Waals surface area contributed by atoms with Gasteiger partial charge in [0.1, 0.15) is 0 Å². The van der Waals surface area contributed by atoms with Gasteiger partial charge in [-0.05, 0) is 18.8 Å². The Hall–Kier alpha value is -0.880. The summed E-state index contributed by atoms with van der Waals surface area (Å²) in [5.41, 5.74) is 0. The molecular weight excluding hydrogens is 132 g/mol. The molecule has 0 aromatic heterocycles. The van der Waals surface area contributed by atoms with E-state index in [4.69, 9.17) is 12.8 Å². The lowest BCUT2D eigenvalue weighted by Gasteiger charge is -2.12. The van der Waals surface area contributed by atoms with Crippen LogP contribution in [0.15, 0.2) is 0 Å². The van der Waals surface area contributed by atoms with Crippen molar-refractivity contribution >= 4 is 0 Å². The maximum Gasteiger partial charge on any atom is 0.0223 e. The van der Waals surface area contributed by atoms with Gasteiger partial charge < -0.3 is 0 Å². The molecule has 0 N–H and O–H groups in total. The van der Waals surface area contributed by atoms with Crippen molar-refractivity contribution in [1.82, 2.24) is 0 Å². The van der Waals surface area contributed by atoms with Crippen molar-refractivity contribution in [2.75, 3.05) is 0 Å². The van der Waals surface area contributed by atoms with E-state index in [1.807, 2.05) is 0 Å². The summed E-state index contributed by atoms with van der Waals surface area (Å²) < 4.78 is 0. The highest BCUT2D eigenvalue weighted by molar-refractivity contribution is 4.95. The van der Waals surface area contributed by atoms with Crippen molar-refractivity contribution in [3.05, 3.63) is 0 Å². The third-order valence-electron chi connectivity index (χ3n) is 1.86. The average molecular weight is 148 g/mol. The largest absolute Gasteiger partial charge is 0.120 e. The van der Waals surface area contributed by atoms with E-state index in [0.717, 1.165) is 19.3 Å². The number of unbranched alkanes of at least 4 members (excludes halogenated alkanes) is 1. The molecular formula is C11H16. The highest BCUT2D eigenvalue weighted by atomic mass is 14.1. The smallest absolute Gasteiger partial charge is 0.0223 e.